The minimum atomic E-state index is -0.0352. The third kappa shape index (κ3) is 4.83. The van der Waals surface area contributed by atoms with Gasteiger partial charge >= 0.3 is 0 Å². The monoisotopic (exact) mass is 399 g/mol. The molecule has 6 heteroatoms. The van der Waals surface area contributed by atoms with Gasteiger partial charge < -0.3 is 23.8 Å². The first-order valence-electron chi connectivity index (χ1n) is 9.30. The van der Waals surface area contributed by atoms with E-state index in [-0.39, 0.29) is 5.78 Å². The molecule has 0 bridgehead atoms. The molecule has 0 aliphatic heterocycles. The molecule has 0 heterocycles. The van der Waals surface area contributed by atoms with Crippen LogP contribution in [0.4, 0.5) is 5.69 Å². The van der Waals surface area contributed by atoms with Crippen molar-refractivity contribution in [3.8, 4) is 23.0 Å². The first-order chi connectivity index (χ1) is 13.9. The van der Waals surface area contributed by atoms with Crippen molar-refractivity contribution in [1.82, 2.24) is 0 Å². The standard InChI is InChI=1S/C23H29NO5/c1-8-16(11-15-12-20(27-5)23(29-7)21(13-15)28-6)22(25)17-9-10-19(26-4)18(14-17)24(2)3/h9-14H,8H2,1-7H3. The number of ether oxygens (including phenoxy) is 4. The van der Waals surface area contributed by atoms with Gasteiger partial charge in [0.1, 0.15) is 5.75 Å². The molecule has 6 nitrogen and oxygen atoms in total. The number of allylic oxidation sites excluding steroid dienone is 1. The molecule has 0 saturated carbocycles. The summed E-state index contributed by atoms with van der Waals surface area (Å²) in [4.78, 5) is 15.1. The van der Waals surface area contributed by atoms with Gasteiger partial charge in [-0.1, -0.05) is 6.92 Å². The lowest BCUT2D eigenvalue weighted by molar-refractivity contribution is 0.103. The van der Waals surface area contributed by atoms with Crippen LogP contribution >= 0.6 is 0 Å². The van der Waals surface area contributed by atoms with Crippen LogP contribution in [0.2, 0.25) is 0 Å². The highest BCUT2D eigenvalue weighted by Crippen LogP contribution is 2.39. The molecule has 0 saturated heterocycles. The van der Waals surface area contributed by atoms with Crippen LogP contribution in [0.5, 0.6) is 23.0 Å². The van der Waals surface area contributed by atoms with Crippen molar-refractivity contribution in [2.45, 2.75) is 13.3 Å². The topological polar surface area (TPSA) is 57.2 Å². The Morgan fingerprint density at radius 1 is 0.897 bits per heavy atom. The van der Waals surface area contributed by atoms with Crippen LogP contribution in [-0.2, 0) is 0 Å². The largest absolute Gasteiger partial charge is 0.495 e. The number of nitrogens with zero attached hydrogens (tertiary/aromatic N) is 1. The number of carbonyl (C=O) groups is 1. The van der Waals surface area contributed by atoms with Crippen molar-refractivity contribution in [2.75, 3.05) is 47.4 Å². The zero-order valence-corrected chi connectivity index (χ0v) is 18.2. The number of carbonyl (C=O) groups excluding carboxylic acids is 1. The number of ketones is 1. The van der Waals surface area contributed by atoms with Gasteiger partial charge in [0.15, 0.2) is 17.3 Å². The zero-order valence-electron chi connectivity index (χ0n) is 18.2. The number of methoxy groups -OCH3 is 4. The van der Waals surface area contributed by atoms with E-state index in [1.54, 1.807) is 34.5 Å². The van der Waals surface area contributed by atoms with Gasteiger partial charge in [-0.25, -0.2) is 0 Å². The van der Waals surface area contributed by atoms with Crippen LogP contribution in [-0.4, -0.2) is 48.3 Å². The molecule has 156 valence electrons. The third-order valence-corrected chi connectivity index (χ3v) is 4.62. The van der Waals surface area contributed by atoms with Crippen molar-refractivity contribution in [2.24, 2.45) is 0 Å². The maximum atomic E-state index is 13.2. The van der Waals surface area contributed by atoms with Crippen LogP contribution in [0.3, 0.4) is 0 Å². The lowest BCUT2D eigenvalue weighted by atomic mass is 9.98. The molecule has 0 aliphatic rings. The SMILES string of the molecule is CCC(=Cc1cc(OC)c(OC)c(OC)c1)C(=O)c1ccc(OC)c(N(C)C)c1. The Hall–Kier alpha value is -3.15. The Morgan fingerprint density at radius 2 is 1.48 bits per heavy atom. The second-order valence-electron chi connectivity index (χ2n) is 6.59. The summed E-state index contributed by atoms with van der Waals surface area (Å²) in [5.41, 5.74) is 2.93. The molecular formula is C23H29NO5. The second kappa shape index (κ2) is 9.87. The molecule has 0 spiro atoms. The van der Waals surface area contributed by atoms with E-state index in [1.807, 2.05) is 56.3 Å². The highest BCUT2D eigenvalue weighted by molar-refractivity contribution is 6.11. The highest BCUT2D eigenvalue weighted by Gasteiger charge is 2.17. The molecule has 0 unspecified atom stereocenters. The number of hydrogen-bond acceptors (Lipinski definition) is 6. The summed E-state index contributed by atoms with van der Waals surface area (Å²) < 4.78 is 21.6. The van der Waals surface area contributed by atoms with Gasteiger partial charge in [0.25, 0.3) is 0 Å². The van der Waals surface area contributed by atoms with Gasteiger partial charge in [0, 0.05) is 25.2 Å². The van der Waals surface area contributed by atoms with Gasteiger partial charge in [0.05, 0.1) is 34.1 Å². The number of Topliss-reactive ketones (excluding diaryl/α,β-unsaturated/α-hetero) is 1. The molecule has 0 aliphatic carbocycles. The molecule has 0 N–H and O–H groups in total. The fraction of sp³-hybridized carbons (Fsp3) is 0.348. The Kier molecular flexibility index (Phi) is 7.53. The van der Waals surface area contributed by atoms with Crippen LogP contribution in [0.25, 0.3) is 6.08 Å². The van der Waals surface area contributed by atoms with Gasteiger partial charge in [-0.2, -0.15) is 0 Å². The van der Waals surface area contributed by atoms with Crippen LogP contribution in [0, 0.1) is 0 Å². The quantitative estimate of drug-likeness (QED) is 0.458. The minimum Gasteiger partial charge on any atom is -0.495 e. The van der Waals surface area contributed by atoms with E-state index in [1.165, 1.54) is 0 Å². The van der Waals surface area contributed by atoms with Crippen molar-refractivity contribution in [3.63, 3.8) is 0 Å². The number of hydrogen-bond donors (Lipinski definition) is 0. The van der Waals surface area contributed by atoms with Crippen LogP contribution in [0.15, 0.2) is 35.9 Å². The van der Waals surface area contributed by atoms with Gasteiger partial charge in [-0.3, -0.25) is 4.79 Å². The van der Waals surface area contributed by atoms with E-state index in [4.69, 9.17) is 18.9 Å². The Labute approximate surface area is 172 Å². The molecular weight excluding hydrogens is 370 g/mol. The fourth-order valence-electron chi connectivity index (χ4n) is 3.08. The summed E-state index contributed by atoms with van der Waals surface area (Å²) >= 11 is 0. The fourth-order valence-corrected chi connectivity index (χ4v) is 3.08. The lowest BCUT2D eigenvalue weighted by Crippen LogP contribution is -2.12. The van der Waals surface area contributed by atoms with Gasteiger partial charge in [0.2, 0.25) is 5.75 Å². The Bertz CT molecular complexity index is 877. The van der Waals surface area contributed by atoms with Gasteiger partial charge in [-0.05, 0) is 48.4 Å². The van der Waals surface area contributed by atoms with E-state index in [2.05, 4.69) is 0 Å². The second-order valence-corrected chi connectivity index (χ2v) is 6.59. The van der Waals surface area contributed by atoms with Crippen molar-refractivity contribution < 1.29 is 23.7 Å². The first kappa shape index (κ1) is 22.1. The number of rotatable bonds is 9. The summed E-state index contributed by atoms with van der Waals surface area (Å²) in [5.74, 6) is 2.29. The van der Waals surface area contributed by atoms with E-state index in [0.717, 1.165) is 17.0 Å². The predicted molar refractivity (Wildman–Crippen MR) is 116 cm³/mol. The number of benzene rings is 2. The van der Waals surface area contributed by atoms with E-state index < -0.39 is 0 Å². The molecule has 0 fully saturated rings. The molecule has 29 heavy (non-hydrogen) atoms. The van der Waals surface area contributed by atoms with Crippen molar-refractivity contribution in [1.29, 1.82) is 0 Å². The van der Waals surface area contributed by atoms with Crippen LogP contribution in [0.1, 0.15) is 29.3 Å². The molecule has 2 aromatic rings. The molecule has 2 aromatic carbocycles. The molecule has 0 atom stereocenters. The predicted octanol–water partition coefficient (Wildman–Crippen LogP) is 4.46. The smallest absolute Gasteiger partial charge is 0.203 e. The van der Waals surface area contributed by atoms with E-state index >= 15 is 0 Å². The molecule has 2 rings (SSSR count). The summed E-state index contributed by atoms with van der Waals surface area (Å²) in [6, 6.07) is 9.09. The van der Waals surface area contributed by atoms with E-state index in [9.17, 15) is 4.79 Å². The van der Waals surface area contributed by atoms with Crippen LogP contribution < -0.4 is 23.8 Å². The third-order valence-electron chi connectivity index (χ3n) is 4.62. The number of anilines is 1. The molecule has 0 radical (unpaired) electrons. The molecule has 0 amide bonds. The minimum absolute atomic E-state index is 0.0352. The molecule has 0 aromatic heterocycles. The van der Waals surface area contributed by atoms with Crippen molar-refractivity contribution >= 4 is 17.5 Å². The lowest BCUT2D eigenvalue weighted by Gasteiger charge is -2.18. The Balaban J connectivity index is 2.49. The summed E-state index contributed by atoms with van der Waals surface area (Å²) in [6.07, 6.45) is 2.44. The first-order valence-corrected chi connectivity index (χ1v) is 9.30. The van der Waals surface area contributed by atoms with Gasteiger partial charge in [-0.15, -0.1) is 0 Å². The maximum Gasteiger partial charge on any atom is 0.203 e. The average Bonchev–Trinajstić information content (AvgIpc) is 2.75. The summed E-state index contributed by atoms with van der Waals surface area (Å²) in [6.45, 7) is 1.96. The summed E-state index contributed by atoms with van der Waals surface area (Å²) in [7, 11) is 10.1. The summed E-state index contributed by atoms with van der Waals surface area (Å²) in [5, 5.41) is 0. The average molecular weight is 399 g/mol. The highest BCUT2D eigenvalue weighted by atomic mass is 16.5. The zero-order chi connectivity index (χ0) is 21.6. The van der Waals surface area contributed by atoms with Crippen molar-refractivity contribution in [3.05, 3.63) is 47.0 Å². The maximum absolute atomic E-state index is 13.2. The van der Waals surface area contributed by atoms with E-state index in [0.29, 0.717) is 34.8 Å². The normalized spacial score (nSPS) is 11.1. The Morgan fingerprint density at radius 3 is 1.93 bits per heavy atom.